The maximum absolute atomic E-state index is 12.2. The van der Waals surface area contributed by atoms with Gasteiger partial charge in [-0.05, 0) is 49.2 Å². The molecule has 0 radical (unpaired) electrons. The third-order valence-electron chi connectivity index (χ3n) is 4.25. The van der Waals surface area contributed by atoms with Crippen LogP contribution in [0.25, 0.3) is 0 Å². The lowest BCUT2D eigenvalue weighted by molar-refractivity contribution is -0.114. The van der Waals surface area contributed by atoms with Crippen LogP contribution in [0, 0.1) is 0 Å². The first kappa shape index (κ1) is 19.8. The Labute approximate surface area is 165 Å². The van der Waals surface area contributed by atoms with E-state index >= 15 is 0 Å². The molecule has 6 nitrogen and oxygen atoms in total. The SMILES string of the molecule is C=CCOc1ccc(NC(=O)CNc2cccc(OCC3CCCO3)c2)cc1. The fourth-order valence-electron chi connectivity index (χ4n) is 2.84. The monoisotopic (exact) mass is 382 g/mol. The molecule has 6 heteroatoms. The first-order valence-corrected chi connectivity index (χ1v) is 9.45. The summed E-state index contributed by atoms with van der Waals surface area (Å²) >= 11 is 0. The van der Waals surface area contributed by atoms with Crippen LogP contribution in [0.4, 0.5) is 11.4 Å². The molecule has 1 unspecified atom stereocenters. The summed E-state index contributed by atoms with van der Waals surface area (Å²) in [6.07, 6.45) is 3.99. The number of hydrogen-bond donors (Lipinski definition) is 2. The second-order valence-electron chi connectivity index (χ2n) is 6.50. The van der Waals surface area contributed by atoms with Gasteiger partial charge in [-0.25, -0.2) is 0 Å². The summed E-state index contributed by atoms with van der Waals surface area (Å²) in [6.45, 7) is 5.58. The fourth-order valence-corrected chi connectivity index (χ4v) is 2.84. The van der Waals surface area contributed by atoms with Crippen LogP contribution in [0.5, 0.6) is 11.5 Å². The smallest absolute Gasteiger partial charge is 0.243 e. The van der Waals surface area contributed by atoms with E-state index in [1.165, 1.54) is 0 Å². The third-order valence-corrected chi connectivity index (χ3v) is 4.25. The highest BCUT2D eigenvalue weighted by molar-refractivity contribution is 5.93. The molecule has 0 aliphatic carbocycles. The third kappa shape index (κ3) is 6.32. The van der Waals surface area contributed by atoms with Gasteiger partial charge >= 0.3 is 0 Å². The van der Waals surface area contributed by atoms with Gasteiger partial charge in [0.15, 0.2) is 0 Å². The molecular weight excluding hydrogens is 356 g/mol. The van der Waals surface area contributed by atoms with Crippen LogP contribution in [0.1, 0.15) is 12.8 Å². The maximum Gasteiger partial charge on any atom is 0.243 e. The van der Waals surface area contributed by atoms with Gasteiger partial charge in [0.1, 0.15) is 24.7 Å². The second kappa shape index (κ2) is 10.4. The van der Waals surface area contributed by atoms with Gasteiger partial charge in [-0.1, -0.05) is 18.7 Å². The number of carbonyl (C=O) groups excluding carboxylic acids is 1. The van der Waals surface area contributed by atoms with Gasteiger partial charge < -0.3 is 24.8 Å². The summed E-state index contributed by atoms with van der Waals surface area (Å²) in [7, 11) is 0. The van der Waals surface area contributed by atoms with Crippen LogP contribution in [0.3, 0.4) is 0 Å². The Bertz CT molecular complexity index is 770. The van der Waals surface area contributed by atoms with Crippen molar-refractivity contribution in [1.82, 2.24) is 0 Å². The summed E-state index contributed by atoms with van der Waals surface area (Å²) in [4.78, 5) is 12.2. The average Bonchev–Trinajstić information content (AvgIpc) is 3.24. The van der Waals surface area contributed by atoms with Crippen molar-refractivity contribution in [3.05, 3.63) is 61.2 Å². The Morgan fingerprint density at radius 3 is 2.75 bits per heavy atom. The van der Waals surface area contributed by atoms with Crippen LogP contribution >= 0.6 is 0 Å². The van der Waals surface area contributed by atoms with E-state index in [4.69, 9.17) is 14.2 Å². The van der Waals surface area contributed by atoms with Crippen molar-refractivity contribution in [1.29, 1.82) is 0 Å². The molecule has 0 spiro atoms. The molecular formula is C22H26N2O4. The first-order valence-electron chi connectivity index (χ1n) is 9.45. The Hall–Kier alpha value is -2.99. The molecule has 1 saturated heterocycles. The minimum Gasteiger partial charge on any atom is -0.491 e. The molecule has 28 heavy (non-hydrogen) atoms. The topological polar surface area (TPSA) is 68.8 Å². The van der Waals surface area contributed by atoms with Crippen molar-refractivity contribution in [3.63, 3.8) is 0 Å². The largest absolute Gasteiger partial charge is 0.491 e. The van der Waals surface area contributed by atoms with Crippen LogP contribution in [0.2, 0.25) is 0 Å². The standard InChI is InChI=1S/C22H26N2O4/c1-2-12-26-19-10-8-17(9-11-19)24-22(25)15-23-18-5-3-6-20(14-18)28-16-21-7-4-13-27-21/h2-3,5-6,8-11,14,21,23H,1,4,7,12-13,15-16H2,(H,24,25). The molecule has 1 fully saturated rings. The molecule has 0 saturated carbocycles. The van der Waals surface area contributed by atoms with Crippen molar-refractivity contribution in [3.8, 4) is 11.5 Å². The lowest BCUT2D eigenvalue weighted by atomic mass is 10.2. The van der Waals surface area contributed by atoms with E-state index in [2.05, 4.69) is 17.2 Å². The number of anilines is 2. The molecule has 2 aromatic carbocycles. The van der Waals surface area contributed by atoms with E-state index in [0.717, 1.165) is 36.6 Å². The number of carbonyl (C=O) groups is 1. The van der Waals surface area contributed by atoms with E-state index in [9.17, 15) is 4.79 Å². The summed E-state index contributed by atoms with van der Waals surface area (Å²) in [5, 5.41) is 5.96. The number of rotatable bonds is 10. The van der Waals surface area contributed by atoms with Gasteiger partial charge in [-0.15, -0.1) is 0 Å². The van der Waals surface area contributed by atoms with Crippen LogP contribution in [-0.2, 0) is 9.53 Å². The molecule has 1 aliphatic rings. The molecule has 148 valence electrons. The van der Waals surface area contributed by atoms with Gasteiger partial charge in [0.2, 0.25) is 5.91 Å². The number of amides is 1. The first-order chi connectivity index (χ1) is 13.7. The number of nitrogens with one attached hydrogen (secondary N) is 2. The Morgan fingerprint density at radius 1 is 1.14 bits per heavy atom. The van der Waals surface area contributed by atoms with E-state index in [-0.39, 0.29) is 18.6 Å². The van der Waals surface area contributed by atoms with Crippen molar-refractivity contribution >= 4 is 17.3 Å². The van der Waals surface area contributed by atoms with Gasteiger partial charge in [0, 0.05) is 24.0 Å². The minimum absolute atomic E-state index is 0.134. The quantitative estimate of drug-likeness (QED) is 0.611. The number of hydrogen-bond acceptors (Lipinski definition) is 5. The van der Waals surface area contributed by atoms with E-state index in [0.29, 0.717) is 18.9 Å². The maximum atomic E-state index is 12.2. The van der Waals surface area contributed by atoms with Gasteiger partial charge in [0.25, 0.3) is 0 Å². The van der Waals surface area contributed by atoms with Crippen LogP contribution < -0.4 is 20.1 Å². The molecule has 0 aromatic heterocycles. The summed E-state index contributed by atoms with van der Waals surface area (Å²) in [5.74, 6) is 1.36. The molecule has 1 amide bonds. The molecule has 1 aliphatic heterocycles. The van der Waals surface area contributed by atoms with Crippen molar-refractivity contribution < 1.29 is 19.0 Å². The zero-order valence-corrected chi connectivity index (χ0v) is 15.9. The zero-order valence-electron chi connectivity index (χ0n) is 15.9. The van der Waals surface area contributed by atoms with Crippen molar-refractivity contribution in [2.45, 2.75) is 18.9 Å². The highest BCUT2D eigenvalue weighted by Gasteiger charge is 2.16. The second-order valence-corrected chi connectivity index (χ2v) is 6.50. The van der Waals surface area contributed by atoms with Gasteiger partial charge in [-0.2, -0.15) is 0 Å². The molecule has 1 atom stereocenters. The lowest BCUT2D eigenvalue weighted by Crippen LogP contribution is -2.21. The number of ether oxygens (including phenoxy) is 3. The molecule has 2 aromatic rings. The molecule has 1 heterocycles. The summed E-state index contributed by atoms with van der Waals surface area (Å²) in [6, 6.07) is 14.8. The molecule has 3 rings (SSSR count). The Balaban J connectivity index is 1.43. The summed E-state index contributed by atoms with van der Waals surface area (Å²) < 4.78 is 16.8. The predicted octanol–water partition coefficient (Wildman–Crippen LogP) is 3.86. The summed E-state index contributed by atoms with van der Waals surface area (Å²) in [5.41, 5.74) is 1.54. The van der Waals surface area contributed by atoms with Crippen molar-refractivity contribution in [2.24, 2.45) is 0 Å². The van der Waals surface area contributed by atoms with Crippen LogP contribution in [-0.4, -0.2) is 38.4 Å². The molecule has 2 N–H and O–H groups in total. The fraction of sp³-hybridized carbons (Fsp3) is 0.318. The normalized spacial score (nSPS) is 15.6. The van der Waals surface area contributed by atoms with Crippen molar-refractivity contribution in [2.75, 3.05) is 37.0 Å². The van der Waals surface area contributed by atoms with E-state index < -0.39 is 0 Å². The zero-order chi connectivity index (χ0) is 19.6. The lowest BCUT2D eigenvalue weighted by Gasteiger charge is -2.13. The Kier molecular flexibility index (Phi) is 7.32. The molecule has 0 bridgehead atoms. The van der Waals surface area contributed by atoms with E-state index in [1.807, 2.05) is 24.3 Å². The highest BCUT2D eigenvalue weighted by atomic mass is 16.5. The highest BCUT2D eigenvalue weighted by Crippen LogP contribution is 2.20. The Morgan fingerprint density at radius 2 is 2.00 bits per heavy atom. The van der Waals surface area contributed by atoms with Gasteiger partial charge in [-0.3, -0.25) is 4.79 Å². The van der Waals surface area contributed by atoms with E-state index in [1.54, 1.807) is 30.3 Å². The minimum atomic E-state index is -0.134. The van der Waals surface area contributed by atoms with Crippen LogP contribution in [0.15, 0.2) is 61.2 Å². The van der Waals surface area contributed by atoms with Gasteiger partial charge in [0.05, 0.1) is 12.6 Å². The number of benzene rings is 2. The average molecular weight is 382 g/mol. The predicted molar refractivity (Wildman–Crippen MR) is 110 cm³/mol.